The van der Waals surface area contributed by atoms with Gasteiger partial charge in [-0.25, -0.2) is 19.4 Å². The summed E-state index contributed by atoms with van der Waals surface area (Å²) in [6, 6.07) is 7.71. The zero-order valence-corrected chi connectivity index (χ0v) is 20.3. The first-order chi connectivity index (χ1) is 17.7. The van der Waals surface area contributed by atoms with E-state index < -0.39 is 0 Å². The van der Waals surface area contributed by atoms with E-state index in [2.05, 4.69) is 14.6 Å². The molecule has 4 fully saturated rings. The molecule has 0 radical (unpaired) electrons. The molecule has 1 spiro atoms. The fraction of sp³-hybridized carbons (Fsp3) is 0.556. The average molecular weight is 487 g/mol. The number of aromatic nitrogens is 4. The molecule has 1 aromatic carbocycles. The molecule has 3 aliphatic heterocycles. The smallest absolute Gasteiger partial charge is 0.240 e. The van der Waals surface area contributed by atoms with Crippen molar-refractivity contribution >= 4 is 28.6 Å². The number of nitrogens with zero attached hydrogens (tertiary/aromatic N) is 6. The van der Waals surface area contributed by atoms with Crippen LogP contribution in [0.1, 0.15) is 57.4 Å². The van der Waals surface area contributed by atoms with Crippen LogP contribution in [0.5, 0.6) is 0 Å². The second kappa shape index (κ2) is 8.76. The van der Waals surface area contributed by atoms with Crippen molar-refractivity contribution < 1.29 is 14.3 Å². The molecule has 0 N–H and O–H groups in total. The van der Waals surface area contributed by atoms with E-state index in [9.17, 15) is 4.79 Å². The summed E-state index contributed by atoms with van der Waals surface area (Å²) in [5, 5.41) is 5.87. The Hall–Kier alpha value is -3.13. The molecule has 36 heavy (non-hydrogen) atoms. The molecule has 186 valence electrons. The number of anilines is 1. The van der Waals surface area contributed by atoms with E-state index in [1.807, 2.05) is 18.3 Å². The molecule has 1 aliphatic carbocycles. The molecule has 3 aromatic rings. The normalized spacial score (nSPS) is 29.7. The molecule has 2 aromatic heterocycles. The second-order valence-electron chi connectivity index (χ2n) is 10.7. The number of morpholine rings is 1. The van der Waals surface area contributed by atoms with Crippen molar-refractivity contribution in [1.29, 1.82) is 0 Å². The first-order valence-corrected chi connectivity index (χ1v) is 13.2. The maximum absolute atomic E-state index is 10.6. The van der Waals surface area contributed by atoms with Gasteiger partial charge in [-0.15, -0.1) is 0 Å². The Balaban J connectivity index is 1.28. The monoisotopic (exact) mass is 486 g/mol. The molecule has 5 heterocycles. The lowest BCUT2D eigenvalue weighted by Gasteiger charge is -2.36. The van der Waals surface area contributed by atoms with E-state index >= 15 is 0 Å². The zero-order chi connectivity index (χ0) is 24.1. The SMILES string of the molecule is O=C=Nc1ccc(-c2nc(N3CC4CCC(C3)O4)c3cnn(C4CCC5(CCCO5)CC4)c3n2)cc1. The van der Waals surface area contributed by atoms with Gasteiger partial charge in [0.1, 0.15) is 5.82 Å². The summed E-state index contributed by atoms with van der Waals surface area (Å²) in [5.41, 5.74) is 2.42. The molecule has 2 atom stereocenters. The van der Waals surface area contributed by atoms with Crippen molar-refractivity contribution in [2.45, 2.75) is 75.2 Å². The second-order valence-corrected chi connectivity index (χ2v) is 10.7. The highest BCUT2D eigenvalue weighted by Gasteiger charge is 2.40. The van der Waals surface area contributed by atoms with Gasteiger partial charge in [0.25, 0.3) is 0 Å². The fourth-order valence-electron chi connectivity index (χ4n) is 6.60. The molecule has 2 unspecified atom stereocenters. The van der Waals surface area contributed by atoms with Gasteiger partial charge in [-0.3, -0.25) is 0 Å². The van der Waals surface area contributed by atoms with Crippen molar-refractivity contribution in [1.82, 2.24) is 19.7 Å². The third kappa shape index (κ3) is 3.82. The van der Waals surface area contributed by atoms with Crippen LogP contribution in [0.2, 0.25) is 0 Å². The summed E-state index contributed by atoms with van der Waals surface area (Å²) in [4.78, 5) is 26.8. The molecule has 2 bridgehead atoms. The van der Waals surface area contributed by atoms with Crippen LogP contribution in [0.25, 0.3) is 22.4 Å². The van der Waals surface area contributed by atoms with E-state index in [0.29, 0.717) is 17.6 Å². The first-order valence-electron chi connectivity index (χ1n) is 13.2. The molecular formula is C27H30N6O3. The maximum atomic E-state index is 10.6. The summed E-state index contributed by atoms with van der Waals surface area (Å²) < 4.78 is 14.4. The predicted octanol–water partition coefficient (Wildman–Crippen LogP) is 4.49. The van der Waals surface area contributed by atoms with Crippen LogP contribution in [-0.2, 0) is 14.3 Å². The highest BCUT2D eigenvalue weighted by atomic mass is 16.5. The Morgan fingerprint density at radius 1 is 1.00 bits per heavy atom. The summed E-state index contributed by atoms with van der Waals surface area (Å²) in [6.07, 6.45) is 12.9. The topological polar surface area (TPSA) is 94.7 Å². The zero-order valence-electron chi connectivity index (χ0n) is 20.3. The van der Waals surface area contributed by atoms with E-state index in [4.69, 9.17) is 24.5 Å². The van der Waals surface area contributed by atoms with Crippen molar-refractivity contribution in [3.05, 3.63) is 30.5 Å². The summed E-state index contributed by atoms with van der Waals surface area (Å²) in [5.74, 6) is 1.59. The molecule has 3 saturated heterocycles. The van der Waals surface area contributed by atoms with Crippen LogP contribution >= 0.6 is 0 Å². The minimum atomic E-state index is 0.0869. The van der Waals surface area contributed by atoms with E-state index in [1.54, 1.807) is 18.2 Å². The van der Waals surface area contributed by atoms with Gasteiger partial charge >= 0.3 is 0 Å². The van der Waals surface area contributed by atoms with Gasteiger partial charge in [0.15, 0.2) is 11.5 Å². The number of hydrogen-bond acceptors (Lipinski definition) is 8. The minimum Gasteiger partial charge on any atom is -0.375 e. The Morgan fingerprint density at radius 3 is 2.47 bits per heavy atom. The van der Waals surface area contributed by atoms with E-state index in [-0.39, 0.29) is 17.8 Å². The van der Waals surface area contributed by atoms with Crippen LogP contribution in [0.4, 0.5) is 11.5 Å². The van der Waals surface area contributed by atoms with E-state index in [1.165, 1.54) is 12.8 Å². The molecule has 9 nitrogen and oxygen atoms in total. The van der Waals surface area contributed by atoms with Gasteiger partial charge in [-0.1, -0.05) is 0 Å². The number of benzene rings is 1. The van der Waals surface area contributed by atoms with E-state index in [0.717, 1.165) is 80.6 Å². The standard InChI is InChI=1S/C27H30N6O3/c34-17-28-19-4-2-18(3-5-19)24-30-25(32-15-21-6-7-22(16-32)36-21)23-14-29-33(26(23)31-24)20-8-11-27(12-9-20)10-1-13-35-27/h2-5,14,20-22H,1,6-13,15-16H2. The van der Waals surface area contributed by atoms with Crippen LogP contribution < -0.4 is 4.90 Å². The quantitative estimate of drug-likeness (QED) is 0.396. The number of aliphatic imine (C=N–C) groups is 1. The summed E-state index contributed by atoms with van der Waals surface area (Å²) in [6.45, 7) is 2.57. The summed E-state index contributed by atoms with van der Waals surface area (Å²) in [7, 11) is 0. The van der Waals surface area contributed by atoms with Gasteiger partial charge in [-0.2, -0.15) is 10.1 Å². The third-order valence-electron chi connectivity index (χ3n) is 8.47. The maximum Gasteiger partial charge on any atom is 0.240 e. The van der Waals surface area contributed by atoms with Gasteiger partial charge in [-0.05, 0) is 75.6 Å². The average Bonchev–Trinajstić information content (AvgIpc) is 3.63. The lowest BCUT2D eigenvalue weighted by Crippen LogP contribution is -2.43. The van der Waals surface area contributed by atoms with Gasteiger partial charge in [0.05, 0.1) is 41.1 Å². The Bertz CT molecular complexity index is 1300. The highest BCUT2D eigenvalue weighted by Crippen LogP contribution is 2.44. The van der Waals surface area contributed by atoms with Crippen molar-refractivity contribution in [2.24, 2.45) is 4.99 Å². The van der Waals surface area contributed by atoms with Gasteiger partial charge in [0.2, 0.25) is 6.08 Å². The Labute approximate surface area is 209 Å². The van der Waals surface area contributed by atoms with Crippen LogP contribution in [0.15, 0.2) is 35.5 Å². The van der Waals surface area contributed by atoms with Gasteiger partial charge < -0.3 is 14.4 Å². The van der Waals surface area contributed by atoms with Crippen LogP contribution in [-0.4, -0.2) is 63.3 Å². The third-order valence-corrected chi connectivity index (χ3v) is 8.47. The Kier molecular flexibility index (Phi) is 5.38. The predicted molar refractivity (Wildman–Crippen MR) is 134 cm³/mol. The highest BCUT2D eigenvalue weighted by molar-refractivity contribution is 5.89. The van der Waals surface area contributed by atoms with Gasteiger partial charge in [0, 0.05) is 25.3 Å². The fourth-order valence-corrected chi connectivity index (χ4v) is 6.60. The van der Waals surface area contributed by atoms with Crippen molar-refractivity contribution in [3.8, 4) is 11.4 Å². The largest absolute Gasteiger partial charge is 0.375 e. The minimum absolute atomic E-state index is 0.0869. The number of rotatable bonds is 4. The molecule has 4 aliphatic rings. The number of ether oxygens (including phenoxy) is 2. The first kappa shape index (κ1) is 22.1. The molecule has 9 heteroatoms. The van der Waals surface area contributed by atoms with Crippen LogP contribution in [0.3, 0.4) is 0 Å². The number of fused-ring (bicyclic) bond motifs is 3. The molecular weight excluding hydrogens is 456 g/mol. The molecule has 0 amide bonds. The molecule has 1 saturated carbocycles. The van der Waals surface area contributed by atoms with Crippen molar-refractivity contribution in [2.75, 3.05) is 24.6 Å². The Morgan fingerprint density at radius 2 is 1.78 bits per heavy atom. The summed E-state index contributed by atoms with van der Waals surface area (Å²) >= 11 is 0. The number of isocyanates is 1. The molecule has 7 rings (SSSR count). The lowest BCUT2D eigenvalue weighted by molar-refractivity contribution is -0.0337. The van der Waals surface area contributed by atoms with Crippen molar-refractivity contribution in [3.63, 3.8) is 0 Å². The lowest BCUT2D eigenvalue weighted by atomic mass is 9.80. The number of carbonyl (C=O) groups excluding carboxylic acids is 1. The number of hydrogen-bond donors (Lipinski definition) is 0. The van der Waals surface area contributed by atoms with Crippen LogP contribution in [0, 0.1) is 0 Å².